The van der Waals surface area contributed by atoms with Crippen LogP contribution in [-0.2, 0) is 0 Å². The number of hydrogen-bond donors (Lipinski definition) is 1. The minimum atomic E-state index is 0.710. The van der Waals surface area contributed by atoms with E-state index in [2.05, 4.69) is 35.4 Å². The van der Waals surface area contributed by atoms with E-state index in [1.54, 1.807) is 0 Å². The van der Waals surface area contributed by atoms with Crippen molar-refractivity contribution in [2.24, 2.45) is 5.92 Å². The summed E-state index contributed by atoms with van der Waals surface area (Å²) in [6.45, 7) is 8.36. The lowest BCUT2D eigenvalue weighted by molar-refractivity contribution is 0.228. The van der Waals surface area contributed by atoms with Gasteiger partial charge in [-0.1, -0.05) is 30.2 Å². The normalized spacial score (nSPS) is 25.9. The maximum Gasteiger partial charge on any atom is 0.0107 e. The maximum atomic E-state index is 3.60. The van der Waals surface area contributed by atoms with Gasteiger partial charge in [-0.2, -0.15) is 0 Å². The van der Waals surface area contributed by atoms with Crippen molar-refractivity contribution in [3.63, 3.8) is 0 Å². The highest BCUT2D eigenvalue weighted by Gasteiger charge is 2.10. The molecular weight excluding hydrogens is 208 g/mol. The third kappa shape index (κ3) is 4.64. The molecule has 2 heteroatoms. The van der Waals surface area contributed by atoms with Gasteiger partial charge in [-0.25, -0.2) is 0 Å². The largest absolute Gasteiger partial charge is 0.315 e. The van der Waals surface area contributed by atoms with Crippen LogP contribution in [0.4, 0.5) is 0 Å². The van der Waals surface area contributed by atoms with Crippen LogP contribution in [-0.4, -0.2) is 37.6 Å². The Morgan fingerprint density at radius 3 is 2.88 bits per heavy atom. The van der Waals surface area contributed by atoms with Crippen molar-refractivity contribution in [2.45, 2.75) is 32.6 Å². The topological polar surface area (TPSA) is 15.3 Å². The molecule has 0 bridgehead atoms. The summed E-state index contributed by atoms with van der Waals surface area (Å²) in [4.78, 5) is 2.60. The Balaban J connectivity index is 1.54. The predicted octanol–water partition coefficient (Wildman–Crippen LogP) is 2.58. The van der Waals surface area contributed by atoms with E-state index in [-0.39, 0.29) is 0 Å². The Bertz CT molecular complexity index is 275. The highest BCUT2D eigenvalue weighted by molar-refractivity contribution is 5.18. The Hall–Kier alpha value is -0.600. The highest BCUT2D eigenvalue weighted by Crippen LogP contribution is 2.16. The summed E-state index contributed by atoms with van der Waals surface area (Å²) in [6, 6.07) is 0. The molecule has 0 aromatic carbocycles. The van der Waals surface area contributed by atoms with E-state index in [1.807, 2.05) is 0 Å². The summed E-state index contributed by atoms with van der Waals surface area (Å²) in [5.41, 5.74) is 1.51. The molecule has 0 aromatic rings. The van der Waals surface area contributed by atoms with Crippen molar-refractivity contribution in [3.05, 3.63) is 23.8 Å². The van der Waals surface area contributed by atoms with Crippen LogP contribution in [0.25, 0.3) is 0 Å². The first-order valence-electron chi connectivity index (χ1n) is 7.11. The quantitative estimate of drug-likeness (QED) is 0.736. The van der Waals surface area contributed by atoms with Crippen LogP contribution < -0.4 is 5.32 Å². The van der Waals surface area contributed by atoms with Gasteiger partial charge in [-0.15, -0.1) is 0 Å². The van der Waals surface area contributed by atoms with Gasteiger partial charge in [0.25, 0.3) is 0 Å². The molecule has 1 atom stereocenters. The second-order valence-corrected chi connectivity index (χ2v) is 5.47. The number of nitrogens with one attached hydrogen (secondary N) is 1. The van der Waals surface area contributed by atoms with Crippen LogP contribution in [0, 0.1) is 5.92 Å². The standard InChI is InChI=1S/C15H26N2/c1-14-6-5-7-15(12-14)13-16-8-11-17-9-3-2-4-10-17/h5-7,15-16H,2-4,8-13H2,1H3. The average molecular weight is 234 g/mol. The van der Waals surface area contributed by atoms with Crippen molar-refractivity contribution in [3.8, 4) is 0 Å². The first-order valence-corrected chi connectivity index (χ1v) is 7.11. The zero-order valence-corrected chi connectivity index (χ0v) is 11.1. The van der Waals surface area contributed by atoms with Gasteiger partial charge in [0, 0.05) is 19.6 Å². The second kappa shape index (κ2) is 6.97. The Morgan fingerprint density at radius 1 is 1.29 bits per heavy atom. The van der Waals surface area contributed by atoms with Gasteiger partial charge in [-0.05, 0) is 45.2 Å². The van der Waals surface area contributed by atoms with Gasteiger partial charge in [-0.3, -0.25) is 0 Å². The van der Waals surface area contributed by atoms with Crippen molar-refractivity contribution in [2.75, 3.05) is 32.7 Å². The molecule has 1 heterocycles. The zero-order valence-electron chi connectivity index (χ0n) is 11.1. The van der Waals surface area contributed by atoms with Crippen molar-refractivity contribution in [1.29, 1.82) is 0 Å². The molecule has 1 unspecified atom stereocenters. The molecular formula is C15H26N2. The average Bonchev–Trinajstić information content (AvgIpc) is 2.36. The summed E-state index contributed by atoms with van der Waals surface area (Å²) < 4.78 is 0. The first-order chi connectivity index (χ1) is 8.34. The SMILES string of the molecule is CC1=CC=CC(CNCCN2CCCCC2)C1. The van der Waals surface area contributed by atoms with Gasteiger partial charge < -0.3 is 10.2 Å². The lowest BCUT2D eigenvalue weighted by atomic mass is 9.95. The Kier molecular flexibility index (Phi) is 5.27. The molecule has 2 nitrogen and oxygen atoms in total. The van der Waals surface area contributed by atoms with Crippen LogP contribution >= 0.6 is 0 Å². The third-order valence-corrected chi connectivity index (χ3v) is 3.81. The molecule has 17 heavy (non-hydrogen) atoms. The molecule has 0 amide bonds. The second-order valence-electron chi connectivity index (χ2n) is 5.47. The van der Waals surface area contributed by atoms with E-state index in [4.69, 9.17) is 0 Å². The maximum absolute atomic E-state index is 3.60. The number of hydrogen-bond acceptors (Lipinski definition) is 2. The number of allylic oxidation sites excluding steroid dienone is 3. The summed E-state index contributed by atoms with van der Waals surface area (Å²) in [6.07, 6.45) is 12.2. The summed E-state index contributed by atoms with van der Waals surface area (Å²) in [5.74, 6) is 0.710. The fourth-order valence-electron chi connectivity index (χ4n) is 2.77. The molecule has 1 aliphatic carbocycles. The smallest absolute Gasteiger partial charge is 0.0107 e. The summed E-state index contributed by atoms with van der Waals surface area (Å²) >= 11 is 0. The Labute approximate surface area is 106 Å². The lowest BCUT2D eigenvalue weighted by Gasteiger charge is -2.26. The first kappa shape index (κ1) is 12.8. The molecule has 96 valence electrons. The number of rotatable bonds is 5. The molecule has 1 fully saturated rings. The minimum absolute atomic E-state index is 0.710. The van der Waals surface area contributed by atoms with E-state index >= 15 is 0 Å². The van der Waals surface area contributed by atoms with E-state index in [9.17, 15) is 0 Å². The van der Waals surface area contributed by atoms with Crippen LogP contribution in [0.3, 0.4) is 0 Å². The fraction of sp³-hybridized carbons (Fsp3) is 0.733. The van der Waals surface area contributed by atoms with E-state index in [1.165, 1.54) is 50.9 Å². The molecule has 2 rings (SSSR count). The third-order valence-electron chi connectivity index (χ3n) is 3.81. The Morgan fingerprint density at radius 2 is 2.12 bits per heavy atom. The molecule has 0 aromatic heterocycles. The van der Waals surface area contributed by atoms with Crippen LogP contribution in [0.1, 0.15) is 32.6 Å². The van der Waals surface area contributed by atoms with Crippen LogP contribution in [0.2, 0.25) is 0 Å². The van der Waals surface area contributed by atoms with Crippen molar-refractivity contribution >= 4 is 0 Å². The molecule has 0 radical (unpaired) electrons. The van der Waals surface area contributed by atoms with E-state index in [0.29, 0.717) is 5.92 Å². The lowest BCUT2D eigenvalue weighted by Crippen LogP contribution is -2.37. The van der Waals surface area contributed by atoms with E-state index in [0.717, 1.165) is 13.1 Å². The monoisotopic (exact) mass is 234 g/mol. The van der Waals surface area contributed by atoms with Gasteiger partial charge in [0.05, 0.1) is 0 Å². The number of nitrogens with zero attached hydrogens (tertiary/aromatic N) is 1. The molecule has 1 saturated heterocycles. The van der Waals surface area contributed by atoms with Gasteiger partial charge in [0.1, 0.15) is 0 Å². The van der Waals surface area contributed by atoms with Crippen molar-refractivity contribution < 1.29 is 0 Å². The molecule has 2 aliphatic rings. The highest BCUT2D eigenvalue weighted by atomic mass is 15.1. The van der Waals surface area contributed by atoms with Crippen molar-refractivity contribution in [1.82, 2.24) is 10.2 Å². The molecule has 0 saturated carbocycles. The van der Waals surface area contributed by atoms with Gasteiger partial charge in [0.2, 0.25) is 0 Å². The zero-order chi connectivity index (χ0) is 11.9. The van der Waals surface area contributed by atoms with Gasteiger partial charge in [0.15, 0.2) is 0 Å². The number of piperidine rings is 1. The summed E-state index contributed by atoms with van der Waals surface area (Å²) in [5, 5.41) is 3.60. The van der Waals surface area contributed by atoms with Crippen LogP contribution in [0.5, 0.6) is 0 Å². The van der Waals surface area contributed by atoms with Crippen LogP contribution in [0.15, 0.2) is 23.8 Å². The molecule has 0 spiro atoms. The fourth-order valence-corrected chi connectivity index (χ4v) is 2.77. The van der Waals surface area contributed by atoms with E-state index < -0.39 is 0 Å². The number of likely N-dealkylation sites (tertiary alicyclic amines) is 1. The predicted molar refractivity (Wildman–Crippen MR) is 74.2 cm³/mol. The molecule has 1 N–H and O–H groups in total. The van der Waals surface area contributed by atoms with Gasteiger partial charge >= 0.3 is 0 Å². The minimum Gasteiger partial charge on any atom is -0.315 e. The summed E-state index contributed by atoms with van der Waals surface area (Å²) in [7, 11) is 0. The molecule has 1 aliphatic heterocycles.